The summed E-state index contributed by atoms with van der Waals surface area (Å²) in [5.41, 5.74) is 4.66. The predicted molar refractivity (Wildman–Crippen MR) is 101 cm³/mol. The van der Waals surface area contributed by atoms with E-state index in [2.05, 4.69) is 11.1 Å². The molecule has 26 heavy (non-hydrogen) atoms. The van der Waals surface area contributed by atoms with Crippen molar-refractivity contribution in [2.24, 2.45) is 0 Å². The molecule has 0 unspecified atom stereocenters. The number of methoxy groups -OCH3 is 1. The standard InChI is InChI=1S/C21H17ClN2O2/c1-26-19-10-16(15-3-2-8-23-11-15)9-17-13-24(21(25)20(17)19)12-14-4-6-18(22)7-5-14/h2-11H,12-13H2,1H3. The highest BCUT2D eigenvalue weighted by Crippen LogP contribution is 2.36. The van der Waals surface area contributed by atoms with E-state index in [0.717, 1.165) is 22.3 Å². The van der Waals surface area contributed by atoms with Gasteiger partial charge in [0.25, 0.3) is 5.91 Å². The Balaban J connectivity index is 1.67. The smallest absolute Gasteiger partial charge is 0.258 e. The topological polar surface area (TPSA) is 42.4 Å². The van der Waals surface area contributed by atoms with Crippen molar-refractivity contribution in [1.29, 1.82) is 0 Å². The van der Waals surface area contributed by atoms with Crippen molar-refractivity contribution in [3.8, 4) is 16.9 Å². The van der Waals surface area contributed by atoms with Gasteiger partial charge in [-0.2, -0.15) is 0 Å². The van der Waals surface area contributed by atoms with Crippen LogP contribution in [-0.2, 0) is 13.1 Å². The monoisotopic (exact) mass is 364 g/mol. The fourth-order valence-electron chi connectivity index (χ4n) is 3.28. The molecule has 0 atom stereocenters. The number of benzene rings is 2. The summed E-state index contributed by atoms with van der Waals surface area (Å²) >= 11 is 5.94. The maximum Gasteiger partial charge on any atom is 0.258 e. The van der Waals surface area contributed by atoms with Gasteiger partial charge in [-0.15, -0.1) is 0 Å². The number of carbonyl (C=O) groups excluding carboxylic acids is 1. The lowest BCUT2D eigenvalue weighted by atomic mass is 10.0. The van der Waals surface area contributed by atoms with Gasteiger partial charge in [0.05, 0.1) is 12.7 Å². The molecule has 4 nitrogen and oxygen atoms in total. The minimum Gasteiger partial charge on any atom is -0.496 e. The van der Waals surface area contributed by atoms with E-state index in [4.69, 9.17) is 16.3 Å². The highest BCUT2D eigenvalue weighted by Gasteiger charge is 2.31. The Labute approximate surface area is 157 Å². The molecule has 0 bridgehead atoms. The largest absolute Gasteiger partial charge is 0.496 e. The molecule has 1 amide bonds. The second-order valence-electron chi connectivity index (χ2n) is 6.24. The van der Waals surface area contributed by atoms with Crippen molar-refractivity contribution in [3.63, 3.8) is 0 Å². The van der Waals surface area contributed by atoms with Crippen molar-refractivity contribution in [2.75, 3.05) is 7.11 Å². The zero-order valence-corrected chi connectivity index (χ0v) is 15.0. The van der Waals surface area contributed by atoms with Crippen molar-refractivity contribution < 1.29 is 9.53 Å². The number of pyridine rings is 1. The second kappa shape index (κ2) is 6.81. The molecule has 1 aliphatic heterocycles. The minimum atomic E-state index is -0.00969. The molecule has 0 radical (unpaired) electrons. The van der Waals surface area contributed by atoms with Crippen LogP contribution in [0.25, 0.3) is 11.1 Å². The first-order chi connectivity index (χ1) is 12.7. The van der Waals surface area contributed by atoms with E-state index < -0.39 is 0 Å². The van der Waals surface area contributed by atoms with E-state index in [1.807, 2.05) is 53.6 Å². The van der Waals surface area contributed by atoms with Gasteiger partial charge in [0.15, 0.2) is 0 Å². The van der Waals surface area contributed by atoms with Gasteiger partial charge < -0.3 is 9.64 Å². The predicted octanol–water partition coefficient (Wildman–Crippen LogP) is 4.57. The van der Waals surface area contributed by atoms with E-state index >= 15 is 0 Å². The zero-order valence-electron chi connectivity index (χ0n) is 14.3. The molecule has 0 saturated heterocycles. The normalized spacial score (nSPS) is 13.0. The number of aromatic nitrogens is 1. The SMILES string of the molecule is COc1cc(-c2cccnc2)cc2c1C(=O)N(Cc1ccc(Cl)cc1)C2. The molecule has 3 aromatic rings. The number of ether oxygens (including phenoxy) is 1. The van der Waals surface area contributed by atoms with Crippen molar-refractivity contribution in [3.05, 3.63) is 82.6 Å². The molecule has 2 aromatic carbocycles. The van der Waals surface area contributed by atoms with E-state index in [1.165, 1.54) is 0 Å². The number of halogens is 1. The molecular weight excluding hydrogens is 348 g/mol. The Hall–Kier alpha value is -2.85. The van der Waals surface area contributed by atoms with Gasteiger partial charge in [0.1, 0.15) is 5.75 Å². The fourth-order valence-corrected chi connectivity index (χ4v) is 3.40. The van der Waals surface area contributed by atoms with E-state index in [1.54, 1.807) is 13.3 Å². The maximum atomic E-state index is 12.9. The second-order valence-corrected chi connectivity index (χ2v) is 6.68. The third-order valence-corrected chi connectivity index (χ3v) is 4.80. The summed E-state index contributed by atoms with van der Waals surface area (Å²) in [6.07, 6.45) is 3.55. The Morgan fingerprint density at radius 3 is 2.65 bits per heavy atom. The van der Waals surface area contributed by atoms with Gasteiger partial charge in [-0.1, -0.05) is 29.8 Å². The van der Waals surface area contributed by atoms with Crippen LogP contribution >= 0.6 is 11.6 Å². The number of hydrogen-bond acceptors (Lipinski definition) is 3. The van der Waals surface area contributed by atoms with Crippen LogP contribution in [0.2, 0.25) is 5.02 Å². The Morgan fingerprint density at radius 2 is 1.96 bits per heavy atom. The summed E-state index contributed by atoms with van der Waals surface area (Å²) in [6, 6.07) is 15.4. The Bertz CT molecular complexity index is 956. The van der Waals surface area contributed by atoms with Crippen LogP contribution in [0.15, 0.2) is 60.9 Å². The Kier molecular flexibility index (Phi) is 4.35. The average Bonchev–Trinajstić information content (AvgIpc) is 2.99. The lowest BCUT2D eigenvalue weighted by Crippen LogP contribution is -2.23. The maximum absolute atomic E-state index is 12.9. The third-order valence-electron chi connectivity index (χ3n) is 4.55. The van der Waals surface area contributed by atoms with Crippen LogP contribution in [-0.4, -0.2) is 22.9 Å². The summed E-state index contributed by atoms with van der Waals surface area (Å²) < 4.78 is 5.52. The number of hydrogen-bond donors (Lipinski definition) is 0. The molecule has 4 rings (SSSR count). The highest BCUT2D eigenvalue weighted by molar-refractivity contribution is 6.30. The van der Waals surface area contributed by atoms with Crippen molar-refractivity contribution in [2.45, 2.75) is 13.1 Å². The highest BCUT2D eigenvalue weighted by atomic mass is 35.5. The molecular formula is C21H17ClN2O2. The van der Waals surface area contributed by atoms with Gasteiger partial charge in [0, 0.05) is 36.1 Å². The molecule has 1 aliphatic rings. The zero-order chi connectivity index (χ0) is 18.1. The quantitative estimate of drug-likeness (QED) is 0.681. The number of amides is 1. The van der Waals surface area contributed by atoms with Crippen LogP contribution in [0.4, 0.5) is 0 Å². The van der Waals surface area contributed by atoms with Gasteiger partial charge in [-0.25, -0.2) is 0 Å². The minimum absolute atomic E-state index is 0.00969. The van der Waals surface area contributed by atoms with Gasteiger partial charge in [0.2, 0.25) is 0 Å². The number of fused-ring (bicyclic) bond motifs is 1. The number of nitrogens with zero attached hydrogens (tertiary/aromatic N) is 2. The molecule has 2 heterocycles. The van der Waals surface area contributed by atoms with Crippen molar-refractivity contribution in [1.82, 2.24) is 9.88 Å². The summed E-state index contributed by atoms with van der Waals surface area (Å²) in [6.45, 7) is 1.09. The molecule has 130 valence electrons. The van der Waals surface area contributed by atoms with E-state index in [-0.39, 0.29) is 5.91 Å². The van der Waals surface area contributed by atoms with Crippen molar-refractivity contribution >= 4 is 17.5 Å². The van der Waals surface area contributed by atoms with E-state index in [9.17, 15) is 4.79 Å². The molecule has 0 N–H and O–H groups in total. The first-order valence-electron chi connectivity index (χ1n) is 8.31. The summed E-state index contributed by atoms with van der Waals surface area (Å²) in [7, 11) is 1.60. The van der Waals surface area contributed by atoms with Crippen LogP contribution in [0.1, 0.15) is 21.5 Å². The lowest BCUT2D eigenvalue weighted by Gasteiger charge is -2.15. The summed E-state index contributed by atoms with van der Waals surface area (Å²) in [5.74, 6) is 0.592. The molecule has 0 saturated carbocycles. The molecule has 1 aromatic heterocycles. The molecule has 0 fully saturated rings. The van der Waals surface area contributed by atoms with Crippen LogP contribution in [0.5, 0.6) is 5.75 Å². The lowest BCUT2D eigenvalue weighted by molar-refractivity contribution is 0.0764. The Morgan fingerprint density at radius 1 is 1.15 bits per heavy atom. The van der Waals surface area contributed by atoms with Crippen LogP contribution in [0, 0.1) is 0 Å². The summed E-state index contributed by atoms with van der Waals surface area (Å²) in [5, 5.41) is 0.688. The number of carbonyl (C=O) groups is 1. The van der Waals surface area contributed by atoms with Gasteiger partial charge in [-0.05, 0) is 47.0 Å². The summed E-state index contributed by atoms with van der Waals surface area (Å²) in [4.78, 5) is 18.9. The third kappa shape index (κ3) is 3.04. The average molecular weight is 365 g/mol. The molecule has 0 spiro atoms. The van der Waals surface area contributed by atoms with Crippen LogP contribution < -0.4 is 4.74 Å². The molecule has 0 aliphatic carbocycles. The van der Waals surface area contributed by atoms with E-state index in [0.29, 0.717) is 29.4 Å². The number of rotatable bonds is 4. The van der Waals surface area contributed by atoms with Crippen LogP contribution in [0.3, 0.4) is 0 Å². The first-order valence-corrected chi connectivity index (χ1v) is 8.68. The first kappa shape index (κ1) is 16.6. The van der Waals surface area contributed by atoms with Gasteiger partial charge in [-0.3, -0.25) is 9.78 Å². The fraction of sp³-hybridized carbons (Fsp3) is 0.143. The molecule has 5 heteroatoms. The van der Waals surface area contributed by atoms with Gasteiger partial charge >= 0.3 is 0 Å².